The highest BCUT2D eigenvalue weighted by molar-refractivity contribution is 5.78. The van der Waals surface area contributed by atoms with Crippen LogP contribution in [0.25, 0.3) is 16.7 Å². The van der Waals surface area contributed by atoms with E-state index in [9.17, 15) is 19.7 Å². The Morgan fingerprint density at radius 1 is 1.21 bits per heavy atom. The first-order valence-electron chi connectivity index (χ1n) is 9.20. The Bertz CT molecular complexity index is 1120. The Kier molecular flexibility index (Phi) is 5.44. The van der Waals surface area contributed by atoms with Crippen molar-refractivity contribution in [1.82, 2.24) is 24.2 Å². The molecule has 152 valence electrons. The zero-order valence-electron chi connectivity index (χ0n) is 16.6. The lowest BCUT2D eigenvalue weighted by molar-refractivity contribution is -0.384. The SMILES string of the molecule is CC(C)N(C(=O)Cn1cnc2c(cnn2-c2ccccc2[N+](=O)[O-])c1=O)C(C)C. The number of amides is 1. The van der Waals surface area contributed by atoms with E-state index in [0.717, 1.165) is 0 Å². The van der Waals surface area contributed by atoms with E-state index in [4.69, 9.17) is 0 Å². The van der Waals surface area contributed by atoms with Crippen LogP contribution in [-0.2, 0) is 11.3 Å². The van der Waals surface area contributed by atoms with Crippen LogP contribution in [0, 0.1) is 10.1 Å². The van der Waals surface area contributed by atoms with Crippen LogP contribution >= 0.6 is 0 Å². The van der Waals surface area contributed by atoms with Crippen LogP contribution in [0.1, 0.15) is 27.7 Å². The number of fused-ring (bicyclic) bond motifs is 1. The molecule has 10 nitrogen and oxygen atoms in total. The smallest absolute Gasteiger partial charge is 0.294 e. The lowest BCUT2D eigenvalue weighted by atomic mass is 10.2. The molecule has 0 fully saturated rings. The average Bonchev–Trinajstić information content (AvgIpc) is 3.08. The lowest BCUT2D eigenvalue weighted by Gasteiger charge is -2.30. The fourth-order valence-electron chi connectivity index (χ4n) is 3.43. The minimum Gasteiger partial charge on any atom is -0.336 e. The number of hydrogen-bond donors (Lipinski definition) is 0. The van der Waals surface area contributed by atoms with Crippen LogP contribution in [0.5, 0.6) is 0 Å². The van der Waals surface area contributed by atoms with Crippen molar-refractivity contribution in [2.75, 3.05) is 0 Å². The highest BCUT2D eigenvalue weighted by atomic mass is 16.6. The van der Waals surface area contributed by atoms with Gasteiger partial charge in [0.05, 0.1) is 11.1 Å². The maximum absolute atomic E-state index is 12.9. The molecule has 2 heterocycles. The Labute approximate surface area is 166 Å². The van der Waals surface area contributed by atoms with Gasteiger partial charge in [-0.1, -0.05) is 12.1 Å². The van der Waals surface area contributed by atoms with E-state index < -0.39 is 10.5 Å². The number of rotatable bonds is 6. The van der Waals surface area contributed by atoms with Crippen molar-refractivity contribution < 1.29 is 9.72 Å². The number of nitrogens with zero attached hydrogens (tertiary/aromatic N) is 6. The van der Waals surface area contributed by atoms with E-state index in [-0.39, 0.29) is 46.9 Å². The molecule has 1 amide bonds. The summed E-state index contributed by atoms with van der Waals surface area (Å²) in [4.78, 5) is 42.3. The van der Waals surface area contributed by atoms with Crippen molar-refractivity contribution in [3.63, 3.8) is 0 Å². The van der Waals surface area contributed by atoms with Gasteiger partial charge < -0.3 is 4.90 Å². The number of nitro benzene ring substituents is 1. The van der Waals surface area contributed by atoms with Crippen molar-refractivity contribution in [3.8, 4) is 5.69 Å². The summed E-state index contributed by atoms with van der Waals surface area (Å²) in [5.74, 6) is -0.190. The summed E-state index contributed by atoms with van der Waals surface area (Å²) in [6.45, 7) is 7.52. The molecule has 0 aliphatic carbocycles. The zero-order valence-corrected chi connectivity index (χ0v) is 16.6. The first-order chi connectivity index (χ1) is 13.7. The van der Waals surface area contributed by atoms with Crippen LogP contribution < -0.4 is 5.56 Å². The van der Waals surface area contributed by atoms with Crippen LogP contribution in [0.2, 0.25) is 0 Å². The maximum Gasteiger partial charge on any atom is 0.294 e. The Hall–Kier alpha value is -3.56. The molecule has 10 heteroatoms. The molecule has 0 unspecified atom stereocenters. The molecule has 2 aromatic heterocycles. The van der Waals surface area contributed by atoms with Gasteiger partial charge >= 0.3 is 0 Å². The van der Waals surface area contributed by atoms with Gasteiger partial charge in [-0.15, -0.1) is 0 Å². The molecular formula is C19H22N6O4. The molecule has 3 aromatic rings. The summed E-state index contributed by atoms with van der Waals surface area (Å²) in [7, 11) is 0. The largest absolute Gasteiger partial charge is 0.336 e. The van der Waals surface area contributed by atoms with Gasteiger partial charge in [0.1, 0.15) is 23.9 Å². The normalized spacial score (nSPS) is 11.4. The quantitative estimate of drug-likeness (QED) is 0.464. The van der Waals surface area contributed by atoms with Crippen molar-refractivity contribution >= 4 is 22.6 Å². The highest BCUT2D eigenvalue weighted by Gasteiger charge is 2.22. The second-order valence-electron chi connectivity index (χ2n) is 7.21. The van der Waals surface area contributed by atoms with Gasteiger partial charge in [0.2, 0.25) is 5.91 Å². The molecule has 0 bridgehead atoms. The highest BCUT2D eigenvalue weighted by Crippen LogP contribution is 2.23. The summed E-state index contributed by atoms with van der Waals surface area (Å²) in [5, 5.41) is 15.6. The number of aromatic nitrogens is 4. The monoisotopic (exact) mass is 398 g/mol. The molecule has 3 rings (SSSR count). The van der Waals surface area contributed by atoms with Crippen molar-refractivity contribution in [1.29, 1.82) is 0 Å². The summed E-state index contributed by atoms with van der Waals surface area (Å²) >= 11 is 0. The first kappa shape index (κ1) is 20.2. The summed E-state index contributed by atoms with van der Waals surface area (Å²) in [5.41, 5.74) is -0.180. The third-order valence-corrected chi connectivity index (χ3v) is 4.57. The molecule has 0 radical (unpaired) electrons. The second kappa shape index (κ2) is 7.82. The molecule has 0 atom stereocenters. The predicted molar refractivity (Wildman–Crippen MR) is 107 cm³/mol. The Morgan fingerprint density at radius 2 is 1.86 bits per heavy atom. The molecule has 0 aliphatic rings. The van der Waals surface area contributed by atoms with Gasteiger partial charge in [0.25, 0.3) is 11.2 Å². The van der Waals surface area contributed by atoms with E-state index in [0.29, 0.717) is 0 Å². The van der Waals surface area contributed by atoms with Gasteiger partial charge in [-0.2, -0.15) is 5.10 Å². The van der Waals surface area contributed by atoms with E-state index in [2.05, 4.69) is 10.1 Å². The number of carbonyl (C=O) groups is 1. The molecule has 29 heavy (non-hydrogen) atoms. The van der Waals surface area contributed by atoms with Gasteiger partial charge in [-0.25, -0.2) is 9.67 Å². The molecule has 0 aliphatic heterocycles. The van der Waals surface area contributed by atoms with Gasteiger partial charge in [-0.3, -0.25) is 24.3 Å². The topological polar surface area (TPSA) is 116 Å². The lowest BCUT2D eigenvalue weighted by Crippen LogP contribution is -2.44. The Balaban J connectivity index is 2.03. The number of carbonyl (C=O) groups excluding carboxylic acids is 1. The van der Waals surface area contributed by atoms with Crippen LogP contribution in [0.3, 0.4) is 0 Å². The fraction of sp³-hybridized carbons (Fsp3) is 0.368. The zero-order chi connectivity index (χ0) is 21.3. The first-order valence-corrected chi connectivity index (χ1v) is 9.20. The Morgan fingerprint density at radius 3 is 2.48 bits per heavy atom. The van der Waals surface area contributed by atoms with Crippen LogP contribution in [-0.4, -0.2) is 47.1 Å². The van der Waals surface area contributed by atoms with Crippen molar-refractivity contribution in [2.45, 2.75) is 46.3 Å². The number of benzene rings is 1. The molecule has 0 N–H and O–H groups in total. The third kappa shape index (κ3) is 3.73. The number of nitro groups is 1. The van der Waals surface area contributed by atoms with Crippen LogP contribution in [0.15, 0.2) is 41.6 Å². The summed E-state index contributed by atoms with van der Waals surface area (Å²) < 4.78 is 2.49. The second-order valence-corrected chi connectivity index (χ2v) is 7.21. The molecule has 0 saturated carbocycles. The van der Waals surface area contributed by atoms with Crippen molar-refractivity contribution in [3.05, 3.63) is 57.3 Å². The van der Waals surface area contributed by atoms with Crippen molar-refractivity contribution in [2.24, 2.45) is 0 Å². The molecule has 0 spiro atoms. The minimum atomic E-state index is -0.519. The fourth-order valence-corrected chi connectivity index (χ4v) is 3.43. The molecular weight excluding hydrogens is 376 g/mol. The van der Waals surface area contributed by atoms with E-state index in [1.165, 1.54) is 33.9 Å². The van der Waals surface area contributed by atoms with Gasteiger partial charge in [0.15, 0.2) is 5.65 Å². The average molecular weight is 398 g/mol. The van der Waals surface area contributed by atoms with E-state index in [1.807, 2.05) is 27.7 Å². The predicted octanol–water partition coefficient (Wildman–Crippen LogP) is 2.14. The molecule has 0 saturated heterocycles. The van der Waals surface area contributed by atoms with Gasteiger partial charge in [-0.05, 0) is 33.8 Å². The number of hydrogen-bond acceptors (Lipinski definition) is 6. The standard InChI is InChI=1S/C19H22N6O4/c1-12(2)23(13(3)4)17(26)10-22-11-20-18-14(19(22)27)9-21-24(18)15-7-5-6-8-16(15)25(28)29/h5-9,11-13H,10H2,1-4H3. The van der Waals surface area contributed by atoms with Crippen LogP contribution in [0.4, 0.5) is 5.69 Å². The minimum absolute atomic E-state index is 0.00345. The van der Waals surface area contributed by atoms with E-state index >= 15 is 0 Å². The summed E-state index contributed by atoms with van der Waals surface area (Å²) in [6.07, 6.45) is 2.58. The number of para-hydroxylation sites is 2. The van der Waals surface area contributed by atoms with E-state index in [1.54, 1.807) is 17.0 Å². The molecule has 1 aromatic carbocycles. The maximum atomic E-state index is 12.9. The third-order valence-electron chi connectivity index (χ3n) is 4.57. The summed E-state index contributed by atoms with van der Waals surface area (Å²) in [6, 6.07) is 6.07. The van der Waals surface area contributed by atoms with Gasteiger partial charge in [0, 0.05) is 18.2 Å².